The molecule has 15 heavy (non-hydrogen) atoms. The van der Waals surface area contributed by atoms with Crippen molar-refractivity contribution in [2.24, 2.45) is 0 Å². The summed E-state index contributed by atoms with van der Waals surface area (Å²) in [5, 5.41) is 20.7. The molecule has 0 fully saturated rings. The molecule has 0 heterocycles. The quantitative estimate of drug-likeness (QED) is 0.679. The number of hydrogen-bond donors (Lipinski definition) is 3. The lowest BCUT2D eigenvalue weighted by Crippen LogP contribution is -2.31. The summed E-state index contributed by atoms with van der Waals surface area (Å²) in [7, 11) is 0. The summed E-state index contributed by atoms with van der Waals surface area (Å²) in [5.74, 6) is -0.274. The molecule has 0 aromatic heterocycles. The summed E-state index contributed by atoms with van der Waals surface area (Å²) in [5.41, 5.74) is 0.820. The molecule has 0 spiro atoms. The van der Waals surface area contributed by atoms with Gasteiger partial charge in [0.15, 0.2) is 0 Å². The largest absolute Gasteiger partial charge is 0.394 e. The monoisotopic (exact) mass is 213 g/mol. The predicted molar refractivity (Wildman–Crippen MR) is 55.9 cm³/mol. The van der Waals surface area contributed by atoms with Crippen LogP contribution in [0.1, 0.15) is 18.5 Å². The van der Waals surface area contributed by atoms with Crippen LogP contribution in [0.4, 0.5) is 4.39 Å². The Hall–Kier alpha value is -0.970. The highest BCUT2D eigenvalue weighted by Gasteiger charge is 2.08. The SMILES string of the molecule is CC(NCC(O)CO)c1cccc(F)c1. The van der Waals surface area contributed by atoms with Gasteiger partial charge in [0.25, 0.3) is 0 Å². The van der Waals surface area contributed by atoms with Crippen molar-refractivity contribution in [2.45, 2.75) is 19.1 Å². The van der Waals surface area contributed by atoms with Gasteiger partial charge in [-0.25, -0.2) is 4.39 Å². The van der Waals surface area contributed by atoms with E-state index in [4.69, 9.17) is 10.2 Å². The normalized spacial score (nSPS) is 14.9. The summed E-state index contributed by atoms with van der Waals surface area (Å²) in [6.45, 7) is 1.88. The van der Waals surface area contributed by atoms with Crippen LogP contribution in [0.5, 0.6) is 0 Å². The Morgan fingerprint density at radius 1 is 1.47 bits per heavy atom. The Morgan fingerprint density at radius 3 is 2.80 bits per heavy atom. The van der Waals surface area contributed by atoms with Gasteiger partial charge in [-0.05, 0) is 24.6 Å². The Morgan fingerprint density at radius 2 is 2.20 bits per heavy atom. The molecule has 3 N–H and O–H groups in total. The van der Waals surface area contributed by atoms with Crippen molar-refractivity contribution < 1.29 is 14.6 Å². The first-order valence-electron chi connectivity index (χ1n) is 4.91. The van der Waals surface area contributed by atoms with Crippen molar-refractivity contribution in [1.29, 1.82) is 0 Å². The molecule has 4 heteroatoms. The number of aliphatic hydroxyl groups excluding tert-OH is 2. The topological polar surface area (TPSA) is 52.5 Å². The molecule has 0 aliphatic heterocycles. The van der Waals surface area contributed by atoms with E-state index in [-0.39, 0.29) is 25.0 Å². The maximum Gasteiger partial charge on any atom is 0.123 e. The molecule has 2 atom stereocenters. The summed E-state index contributed by atoms with van der Waals surface area (Å²) in [6, 6.07) is 6.24. The third-order valence-corrected chi connectivity index (χ3v) is 2.22. The van der Waals surface area contributed by atoms with Crippen LogP contribution in [-0.2, 0) is 0 Å². The number of halogens is 1. The van der Waals surface area contributed by atoms with E-state index in [0.29, 0.717) is 0 Å². The van der Waals surface area contributed by atoms with Gasteiger partial charge in [0.2, 0.25) is 0 Å². The molecule has 0 aliphatic rings. The smallest absolute Gasteiger partial charge is 0.123 e. The average Bonchev–Trinajstić information content (AvgIpc) is 2.25. The van der Waals surface area contributed by atoms with Crippen LogP contribution >= 0.6 is 0 Å². The summed E-state index contributed by atoms with van der Waals surface area (Å²) in [4.78, 5) is 0. The zero-order valence-electron chi connectivity index (χ0n) is 8.65. The van der Waals surface area contributed by atoms with Crippen molar-refractivity contribution in [3.8, 4) is 0 Å². The molecule has 0 aliphatic carbocycles. The van der Waals surface area contributed by atoms with Crippen molar-refractivity contribution in [1.82, 2.24) is 5.32 Å². The number of hydrogen-bond acceptors (Lipinski definition) is 3. The van der Waals surface area contributed by atoms with Gasteiger partial charge < -0.3 is 15.5 Å². The van der Waals surface area contributed by atoms with Crippen LogP contribution < -0.4 is 5.32 Å². The standard InChI is InChI=1S/C11H16FNO2/c1-8(13-6-11(15)7-14)9-3-2-4-10(12)5-9/h2-5,8,11,13-15H,6-7H2,1H3. The lowest BCUT2D eigenvalue weighted by atomic mass is 10.1. The van der Waals surface area contributed by atoms with Crippen molar-refractivity contribution in [3.63, 3.8) is 0 Å². The Labute approximate surface area is 88.6 Å². The highest BCUT2D eigenvalue weighted by atomic mass is 19.1. The van der Waals surface area contributed by atoms with Gasteiger partial charge in [-0.1, -0.05) is 12.1 Å². The van der Waals surface area contributed by atoms with E-state index >= 15 is 0 Å². The zero-order valence-corrected chi connectivity index (χ0v) is 8.65. The molecular formula is C11H16FNO2. The van der Waals surface area contributed by atoms with E-state index in [1.807, 2.05) is 13.0 Å². The first-order valence-corrected chi connectivity index (χ1v) is 4.91. The lowest BCUT2D eigenvalue weighted by Gasteiger charge is -2.16. The summed E-state index contributed by atoms with van der Waals surface area (Å²) >= 11 is 0. The predicted octanol–water partition coefficient (Wildman–Crippen LogP) is 0.829. The van der Waals surface area contributed by atoms with Crippen LogP contribution in [0, 0.1) is 5.82 Å². The molecular weight excluding hydrogens is 197 g/mol. The van der Waals surface area contributed by atoms with E-state index in [0.717, 1.165) is 5.56 Å². The van der Waals surface area contributed by atoms with Gasteiger partial charge in [0.05, 0.1) is 12.7 Å². The second-order valence-corrected chi connectivity index (χ2v) is 3.52. The van der Waals surface area contributed by atoms with Gasteiger partial charge >= 0.3 is 0 Å². The Bertz CT molecular complexity index is 306. The Balaban J connectivity index is 2.50. The minimum absolute atomic E-state index is 0.0538. The molecule has 0 saturated carbocycles. The molecule has 1 aromatic carbocycles. The van der Waals surface area contributed by atoms with Crippen molar-refractivity contribution >= 4 is 0 Å². The second-order valence-electron chi connectivity index (χ2n) is 3.52. The molecule has 0 saturated heterocycles. The molecule has 1 rings (SSSR count). The minimum atomic E-state index is -0.777. The molecule has 84 valence electrons. The van der Waals surface area contributed by atoms with Crippen LogP contribution in [0.2, 0.25) is 0 Å². The molecule has 0 amide bonds. The second kappa shape index (κ2) is 5.80. The van der Waals surface area contributed by atoms with E-state index in [1.165, 1.54) is 12.1 Å². The van der Waals surface area contributed by atoms with E-state index in [2.05, 4.69) is 5.32 Å². The fourth-order valence-corrected chi connectivity index (χ4v) is 1.27. The number of aliphatic hydroxyl groups is 2. The maximum atomic E-state index is 12.9. The fraction of sp³-hybridized carbons (Fsp3) is 0.455. The van der Waals surface area contributed by atoms with Gasteiger partial charge in [0.1, 0.15) is 5.82 Å². The van der Waals surface area contributed by atoms with Crippen molar-refractivity contribution in [3.05, 3.63) is 35.6 Å². The molecule has 2 unspecified atom stereocenters. The molecule has 1 aromatic rings. The zero-order chi connectivity index (χ0) is 11.3. The highest BCUT2D eigenvalue weighted by Crippen LogP contribution is 2.12. The van der Waals surface area contributed by atoms with Gasteiger partial charge in [-0.15, -0.1) is 0 Å². The molecule has 0 bridgehead atoms. The van der Waals surface area contributed by atoms with E-state index in [1.54, 1.807) is 6.07 Å². The average molecular weight is 213 g/mol. The third-order valence-electron chi connectivity index (χ3n) is 2.22. The van der Waals surface area contributed by atoms with Gasteiger partial charge in [0, 0.05) is 12.6 Å². The fourth-order valence-electron chi connectivity index (χ4n) is 1.27. The first-order chi connectivity index (χ1) is 7.13. The Kier molecular flexibility index (Phi) is 4.68. The highest BCUT2D eigenvalue weighted by molar-refractivity contribution is 5.19. The molecule has 3 nitrogen and oxygen atoms in total. The van der Waals surface area contributed by atoms with Crippen molar-refractivity contribution in [2.75, 3.05) is 13.2 Å². The van der Waals surface area contributed by atoms with E-state index in [9.17, 15) is 4.39 Å². The van der Waals surface area contributed by atoms with Crippen LogP contribution in [0.25, 0.3) is 0 Å². The third kappa shape index (κ3) is 3.95. The summed E-state index contributed by atoms with van der Waals surface area (Å²) < 4.78 is 12.9. The van der Waals surface area contributed by atoms with E-state index < -0.39 is 6.10 Å². The first kappa shape index (κ1) is 12.1. The molecule has 0 radical (unpaired) electrons. The van der Waals surface area contributed by atoms with Crippen LogP contribution in [0.15, 0.2) is 24.3 Å². The van der Waals surface area contributed by atoms with Gasteiger partial charge in [-0.2, -0.15) is 0 Å². The summed E-state index contributed by atoms with van der Waals surface area (Å²) in [6.07, 6.45) is -0.777. The number of benzene rings is 1. The van der Waals surface area contributed by atoms with Gasteiger partial charge in [-0.3, -0.25) is 0 Å². The maximum absolute atomic E-state index is 12.9. The van der Waals surface area contributed by atoms with Crippen LogP contribution in [0.3, 0.4) is 0 Å². The number of rotatable bonds is 5. The number of nitrogens with one attached hydrogen (secondary N) is 1. The minimum Gasteiger partial charge on any atom is -0.394 e. The lowest BCUT2D eigenvalue weighted by molar-refractivity contribution is 0.0924. The van der Waals surface area contributed by atoms with Crippen LogP contribution in [-0.4, -0.2) is 29.5 Å².